The molecule has 0 spiro atoms. The van der Waals surface area contributed by atoms with Crippen LogP contribution in [0.2, 0.25) is 0 Å². The van der Waals surface area contributed by atoms with Crippen molar-refractivity contribution in [1.82, 2.24) is 9.13 Å². The van der Waals surface area contributed by atoms with E-state index in [-0.39, 0.29) is 0 Å². The van der Waals surface area contributed by atoms with Gasteiger partial charge in [0, 0.05) is 0 Å². The van der Waals surface area contributed by atoms with E-state index in [1.807, 2.05) is 46.4 Å². The number of hydrogen-bond donors (Lipinski definition) is 0. The summed E-state index contributed by atoms with van der Waals surface area (Å²) >= 11 is 6.73. The van der Waals surface area contributed by atoms with Crippen LogP contribution in [0, 0.1) is 0 Å². The van der Waals surface area contributed by atoms with E-state index in [9.17, 15) is 0 Å². The van der Waals surface area contributed by atoms with Crippen LogP contribution in [-0.4, -0.2) is 45.0 Å². The van der Waals surface area contributed by atoms with E-state index >= 15 is 0 Å². The van der Waals surface area contributed by atoms with Gasteiger partial charge in [-0.15, -0.1) is 11.1 Å². The van der Waals surface area contributed by atoms with Gasteiger partial charge in [-0.3, -0.25) is 0 Å². The lowest BCUT2D eigenvalue weighted by Gasteiger charge is -2.36. The van der Waals surface area contributed by atoms with Gasteiger partial charge in [0.15, 0.2) is 0 Å². The fourth-order valence-corrected chi connectivity index (χ4v) is 4.39. The summed E-state index contributed by atoms with van der Waals surface area (Å²) in [7, 11) is 5.99. The number of nitrogens with zero attached hydrogens (tertiary/aromatic N) is 2. The van der Waals surface area contributed by atoms with Crippen LogP contribution >= 0.6 is 11.1 Å². The minimum absolute atomic E-state index is 1.22. The number of rotatable bonds is 3. The van der Waals surface area contributed by atoms with Crippen molar-refractivity contribution in [2.75, 3.05) is 28.2 Å². The molecule has 0 fully saturated rings. The van der Waals surface area contributed by atoms with E-state index in [1.165, 1.54) is 5.19 Å². The average molecular weight is 229 g/mol. The molecule has 0 saturated carbocycles. The molecule has 0 amide bonds. The maximum absolute atomic E-state index is 6.73. The van der Waals surface area contributed by atoms with Gasteiger partial charge in [-0.25, -0.2) is 0 Å². The Bertz CT molecular complexity index is 279. The van der Waals surface area contributed by atoms with E-state index < -0.39 is 7.71 Å². The molecule has 0 aliphatic carbocycles. The van der Waals surface area contributed by atoms with Crippen molar-refractivity contribution in [2.45, 2.75) is 0 Å². The summed E-state index contributed by atoms with van der Waals surface area (Å²) in [6, 6.07) is 10.3. The van der Waals surface area contributed by atoms with Crippen molar-refractivity contribution in [3.63, 3.8) is 0 Å². The lowest BCUT2D eigenvalue weighted by Crippen LogP contribution is -2.64. The van der Waals surface area contributed by atoms with Crippen LogP contribution in [-0.2, 0) is 0 Å². The van der Waals surface area contributed by atoms with Crippen molar-refractivity contribution < 1.29 is 0 Å². The van der Waals surface area contributed by atoms with Crippen molar-refractivity contribution in [2.24, 2.45) is 0 Å². The molecule has 0 radical (unpaired) electrons. The van der Waals surface area contributed by atoms with E-state index in [0.29, 0.717) is 0 Å². The van der Waals surface area contributed by atoms with E-state index in [2.05, 4.69) is 21.3 Å². The number of hydrogen-bond acceptors (Lipinski definition) is 2. The fraction of sp³-hybridized carbons (Fsp3) is 0.400. The maximum atomic E-state index is 6.73. The zero-order valence-corrected chi connectivity index (χ0v) is 10.9. The topological polar surface area (TPSA) is 6.48 Å². The Morgan fingerprint density at radius 2 is 1.36 bits per heavy atom. The predicted octanol–water partition coefficient (Wildman–Crippen LogP) is 1.19. The molecule has 0 aromatic heterocycles. The monoisotopic (exact) mass is 228 g/mol. The quantitative estimate of drug-likeness (QED) is 0.567. The minimum Gasteiger partial charge on any atom is -0.302 e. The molecule has 0 bridgehead atoms. The molecular weight excluding hydrogens is 212 g/mol. The third kappa shape index (κ3) is 2.01. The third-order valence-corrected chi connectivity index (χ3v) is 8.45. The first-order chi connectivity index (χ1) is 6.49. The van der Waals surface area contributed by atoms with Gasteiger partial charge >= 0.3 is 7.71 Å². The summed E-state index contributed by atoms with van der Waals surface area (Å²) in [4.78, 5) is 0. The standard InChI is InChI=1S/C10H17ClN2Si/c1-12(2)14(11,13(3)4)10-8-6-5-7-9-10/h5-9H,1-4H3. The molecule has 2 nitrogen and oxygen atoms in total. The highest BCUT2D eigenvalue weighted by Crippen LogP contribution is 2.14. The second-order valence-electron chi connectivity index (χ2n) is 3.74. The molecule has 1 aromatic carbocycles. The van der Waals surface area contributed by atoms with Gasteiger partial charge in [-0.05, 0) is 33.4 Å². The summed E-state index contributed by atoms with van der Waals surface area (Å²) in [6.07, 6.45) is 0. The highest BCUT2D eigenvalue weighted by molar-refractivity contribution is 7.24. The van der Waals surface area contributed by atoms with Crippen LogP contribution in [0.1, 0.15) is 0 Å². The molecule has 78 valence electrons. The molecule has 0 unspecified atom stereocenters. The Morgan fingerprint density at radius 3 is 1.71 bits per heavy atom. The SMILES string of the molecule is CN(C)[Si](Cl)(c1ccccc1)N(C)C. The smallest absolute Gasteiger partial charge is 0.302 e. The molecule has 4 heteroatoms. The van der Waals surface area contributed by atoms with Crippen LogP contribution < -0.4 is 5.19 Å². The highest BCUT2D eigenvalue weighted by Gasteiger charge is 2.39. The summed E-state index contributed by atoms with van der Waals surface area (Å²) in [5.74, 6) is 0. The van der Waals surface area contributed by atoms with Crippen LogP contribution in [0.5, 0.6) is 0 Å². The van der Waals surface area contributed by atoms with Gasteiger partial charge < -0.3 is 9.13 Å². The Morgan fingerprint density at radius 1 is 0.929 bits per heavy atom. The van der Waals surface area contributed by atoms with Crippen LogP contribution in [0.4, 0.5) is 0 Å². The Hall–Kier alpha value is -0.353. The molecular formula is C10H17ClN2Si. The Labute approximate surface area is 92.0 Å². The summed E-state index contributed by atoms with van der Waals surface area (Å²) in [5, 5.41) is 1.22. The van der Waals surface area contributed by atoms with Gasteiger partial charge in [-0.1, -0.05) is 30.3 Å². The molecule has 1 aromatic rings. The van der Waals surface area contributed by atoms with E-state index in [4.69, 9.17) is 11.1 Å². The molecule has 0 heterocycles. The summed E-state index contributed by atoms with van der Waals surface area (Å²) in [6.45, 7) is 0. The Balaban J connectivity index is 3.13. The molecule has 0 atom stereocenters. The van der Waals surface area contributed by atoms with Gasteiger partial charge in [0.2, 0.25) is 0 Å². The van der Waals surface area contributed by atoms with Crippen LogP contribution in [0.15, 0.2) is 30.3 Å². The predicted molar refractivity (Wildman–Crippen MR) is 65.1 cm³/mol. The lowest BCUT2D eigenvalue weighted by atomic mass is 10.4. The van der Waals surface area contributed by atoms with Gasteiger partial charge in [-0.2, -0.15) is 0 Å². The number of halogens is 1. The van der Waals surface area contributed by atoms with Gasteiger partial charge in [0.25, 0.3) is 0 Å². The van der Waals surface area contributed by atoms with Gasteiger partial charge in [0.1, 0.15) is 0 Å². The first-order valence-electron chi connectivity index (χ1n) is 4.59. The average Bonchev–Trinajstić information content (AvgIpc) is 2.17. The molecule has 0 N–H and O–H groups in total. The highest BCUT2D eigenvalue weighted by atomic mass is 35.6. The maximum Gasteiger partial charge on any atom is 0.339 e. The van der Waals surface area contributed by atoms with Crippen LogP contribution in [0.25, 0.3) is 0 Å². The summed E-state index contributed by atoms with van der Waals surface area (Å²) < 4.78 is 4.26. The molecule has 0 saturated heterocycles. The normalized spacial score (nSPS) is 12.5. The Kier molecular flexibility index (Phi) is 3.72. The lowest BCUT2D eigenvalue weighted by molar-refractivity contribution is 0.520. The molecule has 0 aliphatic heterocycles. The zero-order valence-electron chi connectivity index (χ0n) is 9.16. The van der Waals surface area contributed by atoms with E-state index in [1.54, 1.807) is 0 Å². The largest absolute Gasteiger partial charge is 0.339 e. The van der Waals surface area contributed by atoms with Gasteiger partial charge in [0.05, 0.1) is 0 Å². The third-order valence-electron chi connectivity index (χ3n) is 2.33. The number of benzene rings is 1. The molecule has 14 heavy (non-hydrogen) atoms. The van der Waals surface area contributed by atoms with E-state index in [0.717, 1.165) is 0 Å². The fourth-order valence-electron chi connectivity index (χ4n) is 1.57. The second-order valence-corrected chi connectivity index (χ2v) is 8.86. The zero-order chi connectivity index (χ0) is 10.8. The molecule has 1 rings (SSSR count). The first kappa shape index (κ1) is 11.7. The van der Waals surface area contributed by atoms with Crippen molar-refractivity contribution in [3.8, 4) is 0 Å². The molecule has 0 aliphatic rings. The second kappa shape index (κ2) is 4.44. The summed E-state index contributed by atoms with van der Waals surface area (Å²) in [5.41, 5.74) is 0. The van der Waals surface area contributed by atoms with Crippen molar-refractivity contribution in [3.05, 3.63) is 30.3 Å². The van der Waals surface area contributed by atoms with Crippen LogP contribution in [0.3, 0.4) is 0 Å². The minimum atomic E-state index is -2.14. The first-order valence-corrected chi connectivity index (χ1v) is 7.49. The van der Waals surface area contributed by atoms with Crippen molar-refractivity contribution in [1.29, 1.82) is 0 Å². The van der Waals surface area contributed by atoms with Crippen molar-refractivity contribution >= 4 is 24.0 Å².